The minimum Gasteiger partial charge on any atom is -0.455 e. The fourth-order valence-electron chi connectivity index (χ4n) is 2.16. The van der Waals surface area contributed by atoms with Gasteiger partial charge >= 0.3 is 0 Å². The highest BCUT2D eigenvalue weighted by molar-refractivity contribution is 6.31. The lowest BCUT2D eigenvalue weighted by Crippen LogP contribution is -2.02. The lowest BCUT2D eigenvalue weighted by Gasteiger charge is -2.17. The first kappa shape index (κ1) is 14.8. The maximum Gasteiger partial charge on any atom is 0.226 e. The molecule has 0 bridgehead atoms. The normalized spacial score (nSPS) is 12.5. The second kappa shape index (κ2) is 5.94. The molecule has 0 saturated carbocycles. The Bertz CT molecular complexity index is 818. The topological polar surface area (TPSA) is 44.5 Å². The van der Waals surface area contributed by atoms with Gasteiger partial charge in [-0.25, -0.2) is 9.37 Å². The van der Waals surface area contributed by atoms with Crippen LogP contribution in [0.4, 0.5) is 4.39 Å². The molecule has 0 aliphatic heterocycles. The summed E-state index contributed by atoms with van der Waals surface area (Å²) in [7, 11) is 1.52. The Kier molecular flexibility index (Phi) is 4.00. The highest BCUT2D eigenvalue weighted by atomic mass is 35.5. The van der Waals surface area contributed by atoms with E-state index in [-0.39, 0.29) is 5.02 Å². The maximum atomic E-state index is 13.7. The third-order valence-corrected chi connectivity index (χ3v) is 3.75. The summed E-state index contributed by atoms with van der Waals surface area (Å²) in [5.41, 5.74) is 0.978. The summed E-state index contributed by atoms with van der Waals surface area (Å²) in [4.78, 5) is 4.14. The Morgan fingerprint density at radius 1 is 1.32 bits per heavy atom. The number of hydrogen-bond acceptors (Lipinski definition) is 4. The van der Waals surface area contributed by atoms with Crippen molar-refractivity contribution in [2.45, 2.75) is 13.0 Å². The summed E-state index contributed by atoms with van der Waals surface area (Å²) >= 11 is 6.05. The lowest BCUT2D eigenvalue weighted by atomic mass is 10.1. The number of rotatable bonds is 4. The molecule has 0 aliphatic carbocycles. The van der Waals surface area contributed by atoms with E-state index in [1.165, 1.54) is 25.4 Å². The van der Waals surface area contributed by atoms with E-state index in [2.05, 4.69) is 4.98 Å². The van der Waals surface area contributed by atoms with Crippen molar-refractivity contribution in [1.29, 1.82) is 0 Å². The molecule has 22 heavy (non-hydrogen) atoms. The van der Waals surface area contributed by atoms with Crippen LogP contribution in [-0.4, -0.2) is 12.1 Å². The molecule has 0 aliphatic rings. The highest BCUT2D eigenvalue weighted by Crippen LogP contribution is 2.38. The predicted octanol–water partition coefficient (Wildman–Crippen LogP) is 5.12. The number of fused-ring (bicyclic) bond motifs is 1. The number of pyridine rings is 1. The number of nitrogens with zero attached hydrogens (tertiary/aromatic N) is 1. The zero-order valence-electron chi connectivity index (χ0n) is 12.0. The molecule has 3 rings (SSSR count). The number of benzene rings is 1. The number of ether oxygens (including phenoxy) is 2. The van der Waals surface area contributed by atoms with Crippen LogP contribution in [0.3, 0.4) is 0 Å². The zero-order chi connectivity index (χ0) is 15.7. The van der Waals surface area contributed by atoms with E-state index in [0.29, 0.717) is 22.8 Å². The highest BCUT2D eigenvalue weighted by Gasteiger charge is 2.19. The second-order valence-electron chi connectivity index (χ2n) is 4.74. The van der Waals surface area contributed by atoms with Gasteiger partial charge in [0, 0.05) is 18.1 Å². The molecule has 1 aromatic carbocycles. The molecule has 6 heteroatoms. The maximum absolute atomic E-state index is 13.7. The van der Waals surface area contributed by atoms with Gasteiger partial charge in [0.25, 0.3) is 0 Å². The number of methoxy groups -OCH3 is 1. The summed E-state index contributed by atoms with van der Waals surface area (Å²) < 4.78 is 29.9. The molecule has 4 nitrogen and oxygen atoms in total. The van der Waals surface area contributed by atoms with Crippen LogP contribution in [0.15, 0.2) is 41.1 Å². The molecule has 0 spiro atoms. The Labute approximate surface area is 131 Å². The van der Waals surface area contributed by atoms with Crippen LogP contribution in [-0.2, 0) is 4.74 Å². The van der Waals surface area contributed by atoms with Gasteiger partial charge in [0.2, 0.25) is 5.71 Å². The molecule has 0 radical (unpaired) electrons. The number of furan rings is 1. The Balaban J connectivity index is 2.02. The van der Waals surface area contributed by atoms with Crippen LogP contribution < -0.4 is 4.74 Å². The molecule has 0 amide bonds. The van der Waals surface area contributed by atoms with Gasteiger partial charge < -0.3 is 13.9 Å². The van der Waals surface area contributed by atoms with Crippen molar-refractivity contribution in [3.05, 3.63) is 53.1 Å². The van der Waals surface area contributed by atoms with Crippen LogP contribution in [0.1, 0.15) is 18.6 Å². The first-order chi connectivity index (χ1) is 10.6. The van der Waals surface area contributed by atoms with E-state index in [0.717, 1.165) is 5.39 Å². The van der Waals surface area contributed by atoms with Crippen molar-refractivity contribution in [1.82, 2.24) is 4.98 Å². The molecule has 1 unspecified atom stereocenters. The molecular formula is C16H13ClFNO3. The summed E-state index contributed by atoms with van der Waals surface area (Å²) in [6.45, 7) is 1.77. The average molecular weight is 322 g/mol. The van der Waals surface area contributed by atoms with E-state index in [1.807, 2.05) is 0 Å². The summed E-state index contributed by atoms with van der Waals surface area (Å²) in [6, 6.07) is 6.34. The predicted molar refractivity (Wildman–Crippen MR) is 80.9 cm³/mol. The van der Waals surface area contributed by atoms with E-state index < -0.39 is 11.9 Å². The van der Waals surface area contributed by atoms with E-state index >= 15 is 0 Å². The summed E-state index contributed by atoms with van der Waals surface area (Å²) in [6.07, 6.45) is 2.67. The molecule has 2 aromatic heterocycles. The molecule has 3 aromatic rings. The number of halogens is 2. The fraction of sp³-hybridized carbons (Fsp3) is 0.188. The molecule has 0 N–H and O–H groups in total. The standard InChI is InChI=1S/C16H13ClFNO3/c1-9(20-2)14-13(4-3-12(18)15(14)17)22-11-7-10-5-6-21-16(10)19-8-11/h3-9H,1-2H3. The third kappa shape index (κ3) is 2.65. The first-order valence-corrected chi connectivity index (χ1v) is 6.99. The van der Waals surface area contributed by atoms with Crippen LogP contribution in [0, 0.1) is 5.82 Å². The minimum absolute atomic E-state index is 0.0100. The van der Waals surface area contributed by atoms with Crippen molar-refractivity contribution in [3.8, 4) is 11.5 Å². The zero-order valence-corrected chi connectivity index (χ0v) is 12.7. The summed E-state index contributed by atoms with van der Waals surface area (Å²) in [5.74, 6) is 0.405. The van der Waals surface area contributed by atoms with Crippen LogP contribution in [0.2, 0.25) is 5.02 Å². The SMILES string of the molecule is COC(C)c1c(Oc2cnc3occc3c2)ccc(F)c1Cl. The van der Waals surface area contributed by atoms with E-state index in [1.54, 1.807) is 25.3 Å². The van der Waals surface area contributed by atoms with Crippen LogP contribution in [0.5, 0.6) is 11.5 Å². The minimum atomic E-state index is -0.517. The van der Waals surface area contributed by atoms with E-state index in [4.69, 9.17) is 25.5 Å². The Morgan fingerprint density at radius 2 is 2.14 bits per heavy atom. The van der Waals surface area contributed by atoms with Crippen LogP contribution in [0.25, 0.3) is 11.1 Å². The monoisotopic (exact) mass is 321 g/mol. The van der Waals surface area contributed by atoms with Crippen molar-refractivity contribution < 1.29 is 18.3 Å². The first-order valence-electron chi connectivity index (χ1n) is 6.62. The molecule has 114 valence electrons. The number of aromatic nitrogens is 1. The fourth-order valence-corrected chi connectivity index (χ4v) is 2.47. The number of hydrogen-bond donors (Lipinski definition) is 0. The smallest absolute Gasteiger partial charge is 0.226 e. The van der Waals surface area contributed by atoms with Crippen molar-refractivity contribution in [3.63, 3.8) is 0 Å². The van der Waals surface area contributed by atoms with Gasteiger partial charge in [0.15, 0.2) is 0 Å². The molecule has 0 fully saturated rings. The molecule has 2 heterocycles. The Morgan fingerprint density at radius 3 is 2.91 bits per heavy atom. The largest absolute Gasteiger partial charge is 0.455 e. The Hall–Kier alpha value is -2.11. The van der Waals surface area contributed by atoms with E-state index in [9.17, 15) is 4.39 Å². The van der Waals surface area contributed by atoms with Gasteiger partial charge in [0.1, 0.15) is 17.3 Å². The van der Waals surface area contributed by atoms with Crippen molar-refractivity contribution in [2.75, 3.05) is 7.11 Å². The quantitative estimate of drug-likeness (QED) is 0.669. The van der Waals surface area contributed by atoms with Gasteiger partial charge in [-0.1, -0.05) is 11.6 Å². The van der Waals surface area contributed by atoms with Gasteiger partial charge in [-0.3, -0.25) is 0 Å². The van der Waals surface area contributed by atoms with Crippen molar-refractivity contribution >= 4 is 22.7 Å². The lowest BCUT2D eigenvalue weighted by molar-refractivity contribution is 0.117. The van der Waals surface area contributed by atoms with Gasteiger partial charge in [-0.15, -0.1) is 0 Å². The average Bonchev–Trinajstić information content (AvgIpc) is 2.98. The third-order valence-electron chi connectivity index (χ3n) is 3.36. The van der Waals surface area contributed by atoms with Crippen molar-refractivity contribution in [2.24, 2.45) is 0 Å². The van der Waals surface area contributed by atoms with Gasteiger partial charge in [0.05, 0.1) is 23.6 Å². The molecule has 0 saturated heterocycles. The second-order valence-corrected chi connectivity index (χ2v) is 5.12. The van der Waals surface area contributed by atoms with Gasteiger partial charge in [-0.2, -0.15) is 0 Å². The molecular weight excluding hydrogens is 309 g/mol. The molecule has 1 atom stereocenters. The summed E-state index contributed by atoms with van der Waals surface area (Å²) in [5, 5.41) is 0.802. The van der Waals surface area contributed by atoms with Crippen LogP contribution >= 0.6 is 11.6 Å². The van der Waals surface area contributed by atoms with Gasteiger partial charge in [-0.05, 0) is 31.2 Å².